The van der Waals surface area contributed by atoms with Crippen LogP contribution in [0.2, 0.25) is 0 Å². The number of para-hydroxylation sites is 1. The Kier molecular flexibility index (Phi) is 3.33. The van der Waals surface area contributed by atoms with Crippen molar-refractivity contribution in [2.24, 2.45) is 0 Å². The number of benzene rings is 2. The van der Waals surface area contributed by atoms with E-state index in [9.17, 15) is 4.79 Å². The molecule has 1 N–H and O–H groups in total. The van der Waals surface area contributed by atoms with Crippen LogP contribution < -0.4 is 10.1 Å². The Morgan fingerprint density at radius 2 is 2.14 bits per heavy atom. The van der Waals surface area contributed by atoms with Crippen LogP contribution in [0.25, 0.3) is 0 Å². The lowest BCUT2D eigenvalue weighted by molar-refractivity contribution is -0.122. The molecule has 2 aromatic rings. The highest BCUT2D eigenvalue weighted by molar-refractivity contribution is 5.95. The predicted octanol–water partition coefficient (Wildman–Crippen LogP) is 2.81. The molecule has 0 spiro atoms. The summed E-state index contributed by atoms with van der Waals surface area (Å²) in [5.41, 5.74) is 3.13. The molecule has 3 rings (SSSR count). The molecule has 1 heterocycles. The van der Waals surface area contributed by atoms with Crippen LogP contribution in [-0.2, 0) is 11.2 Å². The maximum Gasteiger partial charge on any atom is 0.265 e. The molecule has 1 aliphatic heterocycles. The summed E-state index contributed by atoms with van der Waals surface area (Å²) in [5, 5.41) is 11.8. The predicted molar refractivity (Wildman–Crippen MR) is 79.1 cm³/mol. The summed E-state index contributed by atoms with van der Waals surface area (Å²) < 4.78 is 5.66. The van der Waals surface area contributed by atoms with Gasteiger partial charge in [0, 0.05) is 12.1 Å². The molecular weight excluding hydrogens is 264 g/mol. The third kappa shape index (κ3) is 2.59. The fourth-order valence-electron chi connectivity index (χ4n) is 2.37. The van der Waals surface area contributed by atoms with E-state index in [1.807, 2.05) is 37.3 Å². The summed E-state index contributed by atoms with van der Waals surface area (Å²) in [6.07, 6.45) is 0.0477. The molecule has 0 aromatic heterocycles. The lowest BCUT2D eigenvalue weighted by Crippen LogP contribution is -2.31. The van der Waals surface area contributed by atoms with E-state index >= 15 is 0 Å². The number of ether oxygens (including phenoxy) is 1. The fraction of sp³-hybridized carbons (Fsp3) is 0.176. The van der Waals surface area contributed by atoms with E-state index in [0.717, 1.165) is 16.9 Å². The second kappa shape index (κ2) is 5.29. The summed E-state index contributed by atoms with van der Waals surface area (Å²) >= 11 is 0. The zero-order valence-electron chi connectivity index (χ0n) is 11.6. The summed E-state index contributed by atoms with van der Waals surface area (Å²) in [6.45, 7) is 1.89. The van der Waals surface area contributed by atoms with Crippen molar-refractivity contribution in [3.05, 3.63) is 59.2 Å². The zero-order chi connectivity index (χ0) is 14.8. The Morgan fingerprint density at radius 1 is 1.33 bits per heavy atom. The maximum absolute atomic E-state index is 12.3. The van der Waals surface area contributed by atoms with E-state index in [0.29, 0.717) is 17.7 Å². The maximum atomic E-state index is 12.3. The summed E-state index contributed by atoms with van der Waals surface area (Å²) in [7, 11) is 0. The summed E-state index contributed by atoms with van der Waals surface area (Å²) in [6, 6.07) is 14.9. The topological polar surface area (TPSA) is 62.1 Å². The molecule has 1 unspecified atom stereocenters. The standard InChI is InChI=1S/C17H14N2O2/c1-11-6-7-12(10-18)8-14(11)19-17(20)16-9-13-4-2-3-5-15(13)21-16/h2-8,16H,9H2,1H3,(H,19,20). The first-order valence-electron chi connectivity index (χ1n) is 6.73. The van der Waals surface area contributed by atoms with Crippen LogP contribution in [-0.4, -0.2) is 12.0 Å². The second-order valence-corrected chi connectivity index (χ2v) is 5.05. The highest BCUT2D eigenvalue weighted by atomic mass is 16.5. The first-order valence-corrected chi connectivity index (χ1v) is 6.73. The Labute approximate surface area is 123 Å². The molecule has 1 atom stereocenters. The van der Waals surface area contributed by atoms with Gasteiger partial charge >= 0.3 is 0 Å². The molecule has 0 saturated heterocycles. The van der Waals surface area contributed by atoms with Crippen molar-refractivity contribution in [1.82, 2.24) is 0 Å². The molecule has 21 heavy (non-hydrogen) atoms. The monoisotopic (exact) mass is 278 g/mol. The van der Waals surface area contributed by atoms with E-state index in [2.05, 4.69) is 11.4 Å². The average Bonchev–Trinajstić information content (AvgIpc) is 2.93. The number of carbonyl (C=O) groups excluding carboxylic acids is 1. The molecule has 1 aliphatic rings. The number of nitrogens with zero attached hydrogens (tertiary/aromatic N) is 1. The Hall–Kier alpha value is -2.80. The van der Waals surface area contributed by atoms with Crippen molar-refractivity contribution in [1.29, 1.82) is 5.26 Å². The SMILES string of the molecule is Cc1ccc(C#N)cc1NC(=O)C1Cc2ccccc2O1. The quantitative estimate of drug-likeness (QED) is 0.918. The Morgan fingerprint density at radius 3 is 2.90 bits per heavy atom. The van der Waals surface area contributed by atoms with Gasteiger partial charge in [0.25, 0.3) is 5.91 Å². The van der Waals surface area contributed by atoms with Crippen LogP contribution in [0.5, 0.6) is 5.75 Å². The normalized spacial score (nSPS) is 15.7. The van der Waals surface area contributed by atoms with Gasteiger partial charge in [0.05, 0.1) is 11.6 Å². The van der Waals surface area contributed by atoms with Gasteiger partial charge in [0.15, 0.2) is 6.10 Å². The van der Waals surface area contributed by atoms with Gasteiger partial charge in [-0.25, -0.2) is 0 Å². The van der Waals surface area contributed by atoms with Crippen molar-refractivity contribution in [3.8, 4) is 11.8 Å². The third-order valence-corrected chi connectivity index (χ3v) is 3.56. The minimum atomic E-state index is -0.521. The minimum Gasteiger partial charge on any atom is -0.480 e. The molecule has 2 aromatic carbocycles. The van der Waals surface area contributed by atoms with Gasteiger partial charge in [-0.15, -0.1) is 0 Å². The van der Waals surface area contributed by atoms with Crippen LogP contribution in [0.15, 0.2) is 42.5 Å². The molecule has 4 nitrogen and oxygen atoms in total. The lowest BCUT2D eigenvalue weighted by Gasteiger charge is -2.13. The van der Waals surface area contributed by atoms with Gasteiger partial charge < -0.3 is 10.1 Å². The third-order valence-electron chi connectivity index (χ3n) is 3.56. The van der Waals surface area contributed by atoms with E-state index in [4.69, 9.17) is 10.00 Å². The number of hydrogen-bond acceptors (Lipinski definition) is 3. The minimum absolute atomic E-state index is 0.190. The smallest absolute Gasteiger partial charge is 0.265 e. The van der Waals surface area contributed by atoms with Gasteiger partial charge in [0.2, 0.25) is 0 Å². The summed E-state index contributed by atoms with van der Waals surface area (Å²) in [5.74, 6) is 0.574. The highest BCUT2D eigenvalue weighted by Gasteiger charge is 2.28. The zero-order valence-corrected chi connectivity index (χ0v) is 11.6. The second-order valence-electron chi connectivity index (χ2n) is 5.05. The molecule has 0 fully saturated rings. The van der Waals surface area contributed by atoms with Crippen LogP contribution in [0, 0.1) is 18.3 Å². The number of rotatable bonds is 2. The van der Waals surface area contributed by atoms with Gasteiger partial charge in [-0.3, -0.25) is 4.79 Å². The lowest BCUT2D eigenvalue weighted by atomic mass is 10.1. The number of fused-ring (bicyclic) bond motifs is 1. The molecule has 1 amide bonds. The first-order chi connectivity index (χ1) is 10.2. The molecular formula is C17H14N2O2. The Balaban J connectivity index is 1.75. The number of nitriles is 1. The molecule has 0 bridgehead atoms. The van der Waals surface area contributed by atoms with Crippen LogP contribution in [0.3, 0.4) is 0 Å². The molecule has 104 valence electrons. The molecule has 4 heteroatoms. The van der Waals surface area contributed by atoms with Crippen LogP contribution in [0.4, 0.5) is 5.69 Å². The van der Waals surface area contributed by atoms with Gasteiger partial charge in [-0.2, -0.15) is 5.26 Å². The Bertz CT molecular complexity index is 722. The number of aryl methyl sites for hydroxylation is 1. The average molecular weight is 278 g/mol. The molecule has 0 aliphatic carbocycles. The number of nitrogens with one attached hydrogen (secondary N) is 1. The van der Waals surface area contributed by atoms with Crippen molar-refractivity contribution >= 4 is 11.6 Å². The van der Waals surface area contributed by atoms with E-state index < -0.39 is 6.10 Å². The number of carbonyl (C=O) groups is 1. The van der Waals surface area contributed by atoms with E-state index in [-0.39, 0.29) is 5.91 Å². The highest BCUT2D eigenvalue weighted by Crippen LogP contribution is 2.29. The van der Waals surface area contributed by atoms with Crippen molar-refractivity contribution in [3.63, 3.8) is 0 Å². The van der Waals surface area contributed by atoms with E-state index in [1.165, 1.54) is 0 Å². The van der Waals surface area contributed by atoms with Crippen molar-refractivity contribution in [2.75, 3.05) is 5.32 Å². The largest absolute Gasteiger partial charge is 0.480 e. The molecule has 0 saturated carbocycles. The number of anilines is 1. The summed E-state index contributed by atoms with van der Waals surface area (Å²) in [4.78, 5) is 12.3. The number of amides is 1. The van der Waals surface area contributed by atoms with Crippen molar-refractivity contribution < 1.29 is 9.53 Å². The van der Waals surface area contributed by atoms with Crippen molar-refractivity contribution in [2.45, 2.75) is 19.4 Å². The molecule has 0 radical (unpaired) electrons. The van der Waals surface area contributed by atoms with E-state index in [1.54, 1.807) is 12.1 Å². The fourth-order valence-corrected chi connectivity index (χ4v) is 2.37. The van der Waals surface area contributed by atoms with Gasteiger partial charge in [-0.1, -0.05) is 24.3 Å². The first kappa shape index (κ1) is 13.2. The van der Waals surface area contributed by atoms with Crippen LogP contribution >= 0.6 is 0 Å². The number of hydrogen-bond donors (Lipinski definition) is 1. The van der Waals surface area contributed by atoms with Crippen LogP contribution in [0.1, 0.15) is 16.7 Å². The van der Waals surface area contributed by atoms with Gasteiger partial charge in [0.1, 0.15) is 5.75 Å². The van der Waals surface area contributed by atoms with Gasteiger partial charge in [-0.05, 0) is 36.2 Å².